The fourth-order valence-electron chi connectivity index (χ4n) is 9.48. The maximum Gasteiger partial charge on any atom is 0.306 e. The normalized spacial score (nSPS) is 12.5. The van der Waals surface area contributed by atoms with Gasteiger partial charge in [-0.15, -0.1) is 0 Å². The molecule has 0 rings (SSSR count). The topological polar surface area (TPSA) is 78.9 Å². The van der Waals surface area contributed by atoms with E-state index in [-0.39, 0.29) is 37.5 Å². The molecule has 0 heterocycles. The summed E-state index contributed by atoms with van der Waals surface area (Å²) in [6.45, 7) is 6.49. The molecule has 0 aromatic carbocycles. The first-order valence-electron chi connectivity index (χ1n) is 32.9. The summed E-state index contributed by atoms with van der Waals surface area (Å²) in [5.41, 5.74) is 0. The Morgan fingerprint density at radius 2 is 0.513 bits per heavy atom. The third kappa shape index (κ3) is 61.7. The lowest BCUT2D eigenvalue weighted by molar-refractivity contribution is -0.167. The van der Waals surface area contributed by atoms with Gasteiger partial charge in [-0.2, -0.15) is 0 Å². The van der Waals surface area contributed by atoms with E-state index < -0.39 is 6.10 Å². The molecule has 1 unspecified atom stereocenters. The lowest BCUT2D eigenvalue weighted by atomic mass is 10.0. The van der Waals surface area contributed by atoms with Gasteiger partial charge < -0.3 is 14.2 Å². The molecule has 0 aromatic rings. The molecule has 0 aliphatic rings. The molecule has 76 heavy (non-hydrogen) atoms. The fraction of sp³-hybridized carbons (Fsp3) is 0.786. The molecule has 0 saturated carbocycles. The van der Waals surface area contributed by atoms with Crippen molar-refractivity contribution in [2.45, 2.75) is 341 Å². The lowest BCUT2D eigenvalue weighted by Gasteiger charge is -2.18. The van der Waals surface area contributed by atoms with Crippen LogP contribution in [-0.2, 0) is 28.6 Å². The molecule has 0 amide bonds. The summed E-state index contributed by atoms with van der Waals surface area (Å²) in [6, 6.07) is 0. The molecular formula is C70H124O6. The Kier molecular flexibility index (Phi) is 61.7. The van der Waals surface area contributed by atoms with E-state index in [4.69, 9.17) is 14.2 Å². The Hall–Kier alpha value is -3.15. The van der Waals surface area contributed by atoms with Gasteiger partial charge in [-0.25, -0.2) is 0 Å². The van der Waals surface area contributed by atoms with Crippen molar-refractivity contribution in [3.05, 3.63) is 72.9 Å². The molecule has 0 saturated heterocycles. The van der Waals surface area contributed by atoms with Crippen LogP contribution in [0.1, 0.15) is 335 Å². The molecule has 0 spiro atoms. The summed E-state index contributed by atoms with van der Waals surface area (Å²) in [5.74, 6) is -0.931. The number of ether oxygens (including phenoxy) is 3. The molecule has 0 fully saturated rings. The Balaban J connectivity index is 4.15. The molecule has 0 bridgehead atoms. The monoisotopic (exact) mass is 1060 g/mol. The molecule has 440 valence electrons. The van der Waals surface area contributed by atoms with Gasteiger partial charge in [0.15, 0.2) is 6.10 Å². The van der Waals surface area contributed by atoms with Crippen molar-refractivity contribution >= 4 is 17.9 Å². The van der Waals surface area contributed by atoms with Crippen LogP contribution in [0.15, 0.2) is 72.9 Å². The van der Waals surface area contributed by atoms with Gasteiger partial charge in [-0.3, -0.25) is 14.4 Å². The summed E-state index contributed by atoms with van der Waals surface area (Å²) in [5, 5.41) is 0. The first-order valence-corrected chi connectivity index (χ1v) is 32.9. The van der Waals surface area contributed by atoms with E-state index in [0.29, 0.717) is 19.3 Å². The van der Waals surface area contributed by atoms with E-state index in [0.717, 1.165) is 83.5 Å². The average Bonchev–Trinajstić information content (AvgIpc) is 3.42. The van der Waals surface area contributed by atoms with E-state index in [1.165, 1.54) is 205 Å². The van der Waals surface area contributed by atoms with Gasteiger partial charge in [0.05, 0.1) is 0 Å². The van der Waals surface area contributed by atoms with Crippen molar-refractivity contribution in [3.8, 4) is 0 Å². The molecule has 6 nitrogen and oxygen atoms in total. The van der Waals surface area contributed by atoms with Crippen LogP contribution in [0.3, 0.4) is 0 Å². The van der Waals surface area contributed by atoms with Gasteiger partial charge in [0.2, 0.25) is 0 Å². The minimum absolute atomic E-state index is 0.0923. The van der Waals surface area contributed by atoms with Crippen molar-refractivity contribution in [2.24, 2.45) is 0 Å². The average molecular weight is 1060 g/mol. The van der Waals surface area contributed by atoms with Crippen LogP contribution in [0.2, 0.25) is 0 Å². The zero-order valence-corrected chi connectivity index (χ0v) is 50.5. The predicted octanol–water partition coefficient (Wildman–Crippen LogP) is 22.5. The second kappa shape index (κ2) is 64.4. The number of hydrogen-bond donors (Lipinski definition) is 0. The Morgan fingerprint density at radius 3 is 0.868 bits per heavy atom. The highest BCUT2D eigenvalue weighted by atomic mass is 16.6. The highest BCUT2D eigenvalue weighted by Crippen LogP contribution is 2.17. The summed E-state index contributed by atoms with van der Waals surface area (Å²) in [7, 11) is 0. The Labute approximate surface area is 472 Å². The number of carbonyl (C=O) groups excluding carboxylic acids is 3. The van der Waals surface area contributed by atoms with E-state index in [1.807, 2.05) is 0 Å². The van der Waals surface area contributed by atoms with Crippen LogP contribution in [-0.4, -0.2) is 37.2 Å². The van der Waals surface area contributed by atoms with Crippen LogP contribution >= 0.6 is 0 Å². The highest BCUT2D eigenvalue weighted by molar-refractivity contribution is 5.71. The van der Waals surface area contributed by atoms with Gasteiger partial charge in [-0.05, 0) is 109 Å². The zero-order chi connectivity index (χ0) is 55.0. The van der Waals surface area contributed by atoms with Gasteiger partial charge in [-0.1, -0.05) is 280 Å². The van der Waals surface area contributed by atoms with E-state index in [9.17, 15) is 14.4 Å². The number of unbranched alkanes of at least 4 members (excludes halogenated alkanes) is 37. The van der Waals surface area contributed by atoms with Crippen molar-refractivity contribution < 1.29 is 28.6 Å². The first kappa shape index (κ1) is 72.8. The second-order valence-corrected chi connectivity index (χ2v) is 22.0. The molecule has 0 radical (unpaired) electrons. The van der Waals surface area contributed by atoms with Gasteiger partial charge in [0.25, 0.3) is 0 Å². The molecular weight excluding hydrogens is 937 g/mol. The Bertz CT molecular complexity index is 1400. The van der Waals surface area contributed by atoms with Crippen LogP contribution < -0.4 is 0 Å². The van der Waals surface area contributed by atoms with Crippen molar-refractivity contribution in [2.75, 3.05) is 13.2 Å². The third-order valence-electron chi connectivity index (χ3n) is 14.4. The smallest absolute Gasteiger partial charge is 0.306 e. The fourth-order valence-corrected chi connectivity index (χ4v) is 9.48. The minimum atomic E-state index is -0.800. The maximum absolute atomic E-state index is 12.8. The van der Waals surface area contributed by atoms with Crippen LogP contribution in [0.4, 0.5) is 0 Å². The highest BCUT2D eigenvalue weighted by Gasteiger charge is 2.19. The van der Waals surface area contributed by atoms with Crippen molar-refractivity contribution in [1.82, 2.24) is 0 Å². The van der Waals surface area contributed by atoms with Crippen LogP contribution in [0, 0.1) is 0 Å². The summed E-state index contributed by atoms with van der Waals surface area (Å²) >= 11 is 0. The summed E-state index contributed by atoms with van der Waals surface area (Å²) < 4.78 is 16.9. The molecule has 1 atom stereocenters. The maximum atomic E-state index is 12.8. The minimum Gasteiger partial charge on any atom is -0.462 e. The SMILES string of the molecule is CC/C=C\C/C=C\C/C=C\C/C=C\CCCCC(=O)OC(COC(=O)CCCCCCC/C=C\CCCCC)COC(=O)CCCCCCCCCCCCCCCCCCCCC/C=C\CCCCCCCCCC. The largest absolute Gasteiger partial charge is 0.462 e. The number of esters is 3. The predicted molar refractivity (Wildman–Crippen MR) is 330 cm³/mol. The Morgan fingerprint density at radius 1 is 0.276 bits per heavy atom. The molecule has 0 aliphatic carbocycles. The number of allylic oxidation sites excluding steroid dienone is 12. The third-order valence-corrected chi connectivity index (χ3v) is 14.4. The van der Waals surface area contributed by atoms with Crippen molar-refractivity contribution in [1.29, 1.82) is 0 Å². The number of carbonyl (C=O) groups is 3. The molecule has 6 heteroatoms. The number of hydrogen-bond acceptors (Lipinski definition) is 6. The molecule has 0 N–H and O–H groups in total. The quantitative estimate of drug-likeness (QED) is 0.0261. The second-order valence-electron chi connectivity index (χ2n) is 22.0. The van der Waals surface area contributed by atoms with Crippen LogP contribution in [0.5, 0.6) is 0 Å². The lowest BCUT2D eigenvalue weighted by Crippen LogP contribution is -2.30. The van der Waals surface area contributed by atoms with E-state index >= 15 is 0 Å². The van der Waals surface area contributed by atoms with Gasteiger partial charge >= 0.3 is 17.9 Å². The summed E-state index contributed by atoms with van der Waals surface area (Å²) in [4.78, 5) is 38.2. The van der Waals surface area contributed by atoms with E-state index in [2.05, 4.69) is 93.7 Å². The first-order chi connectivity index (χ1) is 37.5. The van der Waals surface area contributed by atoms with Crippen molar-refractivity contribution in [3.63, 3.8) is 0 Å². The zero-order valence-electron chi connectivity index (χ0n) is 50.5. The number of rotatable bonds is 60. The van der Waals surface area contributed by atoms with Crippen LogP contribution in [0.25, 0.3) is 0 Å². The summed E-state index contributed by atoms with van der Waals surface area (Å²) in [6.07, 6.45) is 83.7. The van der Waals surface area contributed by atoms with Gasteiger partial charge in [0.1, 0.15) is 13.2 Å². The van der Waals surface area contributed by atoms with Gasteiger partial charge in [0, 0.05) is 19.3 Å². The molecule has 0 aliphatic heterocycles. The molecule has 0 aromatic heterocycles. The standard InChI is InChI=1S/C70H124O6/c1-4-7-10-13-16-19-22-25-27-28-29-30-31-32-33-34-35-36-37-38-39-40-41-42-44-45-48-51-54-57-60-63-69(72)75-66-67(65-74-68(71)62-59-56-53-50-47-24-21-18-15-12-9-6-3)76-70(73)64-61-58-55-52-49-46-43-26-23-20-17-14-11-8-5-2/h8,11,17-18,20-21,26,28-29,43,49,52,67H,4-7,9-10,12-16,19,22-25,27,30-42,44-48,50-51,53-66H2,1-3H3/b11-8-,20-17-,21-18-,29-28-,43-26-,52-49-. The van der Waals surface area contributed by atoms with E-state index in [1.54, 1.807) is 0 Å².